The molecule has 0 fully saturated rings. The van der Waals surface area contributed by atoms with Crippen molar-refractivity contribution in [1.29, 1.82) is 0 Å². The van der Waals surface area contributed by atoms with Crippen molar-refractivity contribution in [2.45, 2.75) is 0 Å². The summed E-state index contributed by atoms with van der Waals surface area (Å²) in [6, 6.07) is 11.1. The minimum atomic E-state index is -1.50. The molecule has 3 rings (SSSR count). The van der Waals surface area contributed by atoms with Gasteiger partial charge in [0, 0.05) is 11.1 Å². The Labute approximate surface area is 122 Å². The first-order chi connectivity index (χ1) is 10.1. The van der Waals surface area contributed by atoms with Crippen LogP contribution in [0, 0.1) is 17.5 Å². The Bertz CT molecular complexity index is 777. The molecule has 0 bridgehead atoms. The van der Waals surface area contributed by atoms with Crippen LogP contribution in [0.4, 0.5) is 18.2 Å². The molecule has 2 N–H and O–H groups in total. The van der Waals surface area contributed by atoms with E-state index >= 15 is 0 Å². The van der Waals surface area contributed by atoms with Gasteiger partial charge in [0.1, 0.15) is 15.7 Å². The van der Waals surface area contributed by atoms with Crippen molar-refractivity contribution in [2.75, 3.05) is 5.73 Å². The van der Waals surface area contributed by atoms with Crippen molar-refractivity contribution in [2.24, 2.45) is 0 Å². The number of nitrogen functional groups attached to an aromatic ring is 1. The van der Waals surface area contributed by atoms with Gasteiger partial charge in [-0.1, -0.05) is 41.7 Å². The van der Waals surface area contributed by atoms with Gasteiger partial charge in [-0.2, -0.15) is 0 Å². The van der Waals surface area contributed by atoms with E-state index in [1.807, 2.05) is 30.3 Å². The van der Waals surface area contributed by atoms with Gasteiger partial charge in [0.2, 0.25) is 0 Å². The molecule has 6 heteroatoms. The standard InChI is InChI=1S/C15H9F3N2S/c16-10-6-9(7-11(17)12(10)18)13-14(19)21-15(20-13)8-4-2-1-3-5-8/h1-7H,19H2. The summed E-state index contributed by atoms with van der Waals surface area (Å²) in [7, 11) is 0. The van der Waals surface area contributed by atoms with Crippen LogP contribution in [-0.2, 0) is 0 Å². The first-order valence-electron chi connectivity index (χ1n) is 6.03. The van der Waals surface area contributed by atoms with Crippen LogP contribution in [0.15, 0.2) is 42.5 Å². The van der Waals surface area contributed by atoms with E-state index in [4.69, 9.17) is 5.73 Å². The minimum absolute atomic E-state index is 0.113. The molecule has 21 heavy (non-hydrogen) atoms. The first kappa shape index (κ1) is 13.6. The van der Waals surface area contributed by atoms with E-state index in [0.717, 1.165) is 17.7 Å². The molecule has 2 aromatic carbocycles. The number of anilines is 1. The zero-order valence-corrected chi connectivity index (χ0v) is 11.4. The lowest BCUT2D eigenvalue weighted by atomic mass is 10.1. The predicted octanol–water partition coefficient (Wildman–Crippen LogP) is 4.48. The highest BCUT2D eigenvalue weighted by atomic mass is 32.1. The third kappa shape index (κ3) is 2.50. The molecule has 0 radical (unpaired) electrons. The fraction of sp³-hybridized carbons (Fsp3) is 0. The van der Waals surface area contributed by atoms with E-state index in [2.05, 4.69) is 4.98 Å². The summed E-state index contributed by atoms with van der Waals surface area (Å²) in [5, 5.41) is 0.951. The zero-order chi connectivity index (χ0) is 15.0. The molecule has 0 saturated carbocycles. The molecule has 0 amide bonds. The monoisotopic (exact) mass is 306 g/mol. The van der Waals surface area contributed by atoms with E-state index < -0.39 is 17.5 Å². The van der Waals surface area contributed by atoms with Gasteiger partial charge in [-0.05, 0) is 12.1 Å². The number of aromatic nitrogens is 1. The molecule has 1 aromatic heterocycles. The molecule has 0 unspecified atom stereocenters. The highest BCUT2D eigenvalue weighted by molar-refractivity contribution is 7.19. The number of benzene rings is 2. The number of thiazole rings is 1. The maximum atomic E-state index is 13.3. The molecule has 2 nitrogen and oxygen atoms in total. The lowest BCUT2D eigenvalue weighted by Crippen LogP contribution is -1.93. The van der Waals surface area contributed by atoms with Crippen LogP contribution in [0.2, 0.25) is 0 Å². The molecular weight excluding hydrogens is 297 g/mol. The highest BCUT2D eigenvalue weighted by Gasteiger charge is 2.17. The summed E-state index contributed by atoms with van der Waals surface area (Å²) < 4.78 is 39.6. The molecule has 106 valence electrons. The van der Waals surface area contributed by atoms with Gasteiger partial charge in [0.05, 0.1) is 0 Å². The molecule has 0 aliphatic rings. The Morgan fingerprint density at radius 2 is 1.52 bits per heavy atom. The second-order valence-electron chi connectivity index (χ2n) is 4.35. The number of hydrogen-bond acceptors (Lipinski definition) is 3. The van der Waals surface area contributed by atoms with Crippen LogP contribution < -0.4 is 5.73 Å². The number of rotatable bonds is 2. The fourth-order valence-electron chi connectivity index (χ4n) is 1.94. The number of halogens is 3. The van der Waals surface area contributed by atoms with Gasteiger partial charge in [0.25, 0.3) is 0 Å². The lowest BCUT2D eigenvalue weighted by Gasteiger charge is -2.01. The van der Waals surface area contributed by atoms with Crippen LogP contribution in [0.25, 0.3) is 21.8 Å². The molecule has 3 aromatic rings. The lowest BCUT2D eigenvalue weighted by molar-refractivity contribution is 0.447. The van der Waals surface area contributed by atoms with E-state index in [1.54, 1.807) is 0 Å². The maximum absolute atomic E-state index is 13.3. The highest BCUT2D eigenvalue weighted by Crippen LogP contribution is 2.36. The van der Waals surface area contributed by atoms with Crippen LogP contribution in [0.3, 0.4) is 0 Å². The third-order valence-electron chi connectivity index (χ3n) is 2.93. The maximum Gasteiger partial charge on any atom is 0.194 e. The number of hydrogen-bond donors (Lipinski definition) is 1. The van der Waals surface area contributed by atoms with Crippen LogP contribution in [-0.4, -0.2) is 4.98 Å². The summed E-state index contributed by atoms with van der Waals surface area (Å²) in [6.07, 6.45) is 0. The van der Waals surface area contributed by atoms with Crippen molar-refractivity contribution in [3.05, 3.63) is 59.9 Å². The summed E-state index contributed by atoms with van der Waals surface area (Å²) in [5.74, 6) is -4.03. The Balaban J connectivity index is 2.10. The van der Waals surface area contributed by atoms with Crippen molar-refractivity contribution in [1.82, 2.24) is 4.98 Å². The molecule has 0 aliphatic carbocycles. The fourth-order valence-corrected chi connectivity index (χ4v) is 2.79. The number of nitrogens with two attached hydrogens (primary N) is 1. The second-order valence-corrected chi connectivity index (χ2v) is 5.38. The SMILES string of the molecule is Nc1sc(-c2ccccc2)nc1-c1cc(F)c(F)c(F)c1. The van der Waals surface area contributed by atoms with Crippen molar-refractivity contribution < 1.29 is 13.2 Å². The minimum Gasteiger partial charge on any atom is -0.389 e. The zero-order valence-electron chi connectivity index (χ0n) is 10.6. The first-order valence-corrected chi connectivity index (χ1v) is 6.84. The Morgan fingerprint density at radius 3 is 2.14 bits per heavy atom. The van der Waals surface area contributed by atoms with Gasteiger partial charge < -0.3 is 5.73 Å². The third-order valence-corrected chi connectivity index (χ3v) is 3.86. The normalized spacial score (nSPS) is 10.8. The van der Waals surface area contributed by atoms with Crippen molar-refractivity contribution in [3.8, 4) is 21.8 Å². The Kier molecular flexibility index (Phi) is 3.39. The molecule has 0 spiro atoms. The molecule has 1 heterocycles. The topological polar surface area (TPSA) is 38.9 Å². The molecule has 0 saturated heterocycles. The average molecular weight is 306 g/mol. The van der Waals surface area contributed by atoms with Crippen LogP contribution in [0.5, 0.6) is 0 Å². The van der Waals surface area contributed by atoms with E-state index in [9.17, 15) is 13.2 Å². The largest absolute Gasteiger partial charge is 0.389 e. The summed E-state index contributed by atoms with van der Waals surface area (Å²) >= 11 is 1.21. The smallest absolute Gasteiger partial charge is 0.194 e. The average Bonchev–Trinajstić information content (AvgIpc) is 2.87. The molecular formula is C15H9F3N2S. The van der Waals surface area contributed by atoms with Crippen molar-refractivity contribution >= 4 is 16.3 Å². The van der Waals surface area contributed by atoms with Gasteiger partial charge in [0.15, 0.2) is 17.5 Å². The molecule has 0 atom stereocenters. The Hall–Kier alpha value is -2.34. The van der Waals surface area contributed by atoms with Gasteiger partial charge >= 0.3 is 0 Å². The predicted molar refractivity (Wildman–Crippen MR) is 77.3 cm³/mol. The summed E-state index contributed by atoms with van der Waals surface area (Å²) in [4.78, 5) is 4.30. The van der Waals surface area contributed by atoms with Crippen LogP contribution in [0.1, 0.15) is 0 Å². The van der Waals surface area contributed by atoms with Crippen LogP contribution >= 0.6 is 11.3 Å². The van der Waals surface area contributed by atoms with Gasteiger partial charge in [-0.3, -0.25) is 0 Å². The van der Waals surface area contributed by atoms with Gasteiger partial charge in [-0.15, -0.1) is 0 Å². The van der Waals surface area contributed by atoms with Crippen molar-refractivity contribution in [3.63, 3.8) is 0 Å². The van der Waals surface area contributed by atoms with E-state index in [0.29, 0.717) is 10.0 Å². The Morgan fingerprint density at radius 1 is 0.905 bits per heavy atom. The summed E-state index contributed by atoms with van der Waals surface area (Å²) in [5.41, 5.74) is 7.08. The number of nitrogens with zero attached hydrogens (tertiary/aromatic N) is 1. The quantitative estimate of drug-likeness (QED) is 0.709. The summed E-state index contributed by atoms with van der Waals surface area (Å²) in [6.45, 7) is 0. The van der Waals surface area contributed by atoms with Gasteiger partial charge in [-0.25, -0.2) is 18.2 Å². The second kappa shape index (κ2) is 5.21. The molecule has 0 aliphatic heterocycles. The van der Waals surface area contributed by atoms with E-state index in [1.165, 1.54) is 11.3 Å². The van der Waals surface area contributed by atoms with E-state index in [-0.39, 0.29) is 11.3 Å².